The lowest BCUT2D eigenvalue weighted by Gasteiger charge is -2.28. The SMILES string of the molecule is C/C=C(\C)Nc1nc2ccc(CCC(C)=O)cc2[nH]1.CC1(C)CCCCC1. The third-order valence-corrected chi connectivity index (χ3v) is 5.27. The normalized spacial score (nSPS) is 16.6. The minimum Gasteiger partial charge on any atom is -0.330 e. The topological polar surface area (TPSA) is 57.8 Å². The van der Waals surface area contributed by atoms with Gasteiger partial charge in [-0.25, -0.2) is 4.98 Å². The largest absolute Gasteiger partial charge is 0.330 e. The maximum atomic E-state index is 11.0. The lowest BCUT2D eigenvalue weighted by molar-refractivity contribution is -0.116. The number of hydrogen-bond acceptors (Lipinski definition) is 3. The Labute approximate surface area is 163 Å². The van der Waals surface area contributed by atoms with Crippen molar-refractivity contribution >= 4 is 22.8 Å². The summed E-state index contributed by atoms with van der Waals surface area (Å²) in [4.78, 5) is 18.7. The van der Waals surface area contributed by atoms with E-state index in [2.05, 4.69) is 35.2 Å². The van der Waals surface area contributed by atoms with Gasteiger partial charge >= 0.3 is 0 Å². The molecule has 1 aliphatic carbocycles. The molecular weight excluding hydrogens is 334 g/mol. The summed E-state index contributed by atoms with van der Waals surface area (Å²) < 4.78 is 0. The molecule has 3 rings (SSSR count). The lowest BCUT2D eigenvalue weighted by Crippen LogP contribution is -2.14. The van der Waals surface area contributed by atoms with E-state index in [1.54, 1.807) is 6.92 Å². The quantitative estimate of drug-likeness (QED) is 0.641. The average Bonchev–Trinajstić information content (AvgIpc) is 3.01. The van der Waals surface area contributed by atoms with Crippen LogP contribution in [0.3, 0.4) is 0 Å². The van der Waals surface area contributed by atoms with Gasteiger partial charge in [0.15, 0.2) is 0 Å². The zero-order chi connectivity index (χ0) is 19.9. The Morgan fingerprint density at radius 3 is 2.48 bits per heavy atom. The first kappa shape index (κ1) is 21.2. The highest BCUT2D eigenvalue weighted by Gasteiger charge is 2.19. The molecule has 0 amide bonds. The van der Waals surface area contributed by atoms with Crippen LogP contribution in [-0.2, 0) is 11.2 Å². The summed E-state index contributed by atoms with van der Waals surface area (Å²) in [6, 6.07) is 6.07. The maximum Gasteiger partial charge on any atom is 0.205 e. The second-order valence-corrected chi connectivity index (χ2v) is 8.46. The molecule has 0 saturated heterocycles. The summed E-state index contributed by atoms with van der Waals surface area (Å²) >= 11 is 0. The molecule has 0 aliphatic heterocycles. The van der Waals surface area contributed by atoms with Crippen molar-refractivity contribution in [3.05, 3.63) is 35.5 Å². The molecule has 1 heterocycles. The molecule has 27 heavy (non-hydrogen) atoms. The van der Waals surface area contributed by atoms with E-state index in [-0.39, 0.29) is 5.78 Å². The molecule has 1 aromatic carbocycles. The van der Waals surface area contributed by atoms with Gasteiger partial charge in [-0.3, -0.25) is 0 Å². The van der Waals surface area contributed by atoms with Crippen LogP contribution in [0.5, 0.6) is 0 Å². The van der Waals surface area contributed by atoms with Crippen molar-refractivity contribution < 1.29 is 4.79 Å². The number of Topliss-reactive ketones (excluding diaryl/α,β-unsaturated/α-hetero) is 1. The second kappa shape index (κ2) is 9.72. The average molecular weight is 370 g/mol. The Morgan fingerprint density at radius 1 is 1.22 bits per heavy atom. The minimum absolute atomic E-state index is 0.218. The van der Waals surface area contributed by atoms with E-state index in [0.29, 0.717) is 11.8 Å². The molecule has 1 fully saturated rings. The van der Waals surface area contributed by atoms with E-state index in [9.17, 15) is 4.79 Å². The van der Waals surface area contributed by atoms with Crippen molar-refractivity contribution in [1.29, 1.82) is 0 Å². The predicted molar refractivity (Wildman–Crippen MR) is 115 cm³/mol. The number of benzene rings is 1. The molecule has 2 aromatic rings. The first-order valence-electron chi connectivity index (χ1n) is 10.2. The van der Waals surface area contributed by atoms with Gasteiger partial charge in [-0.1, -0.05) is 45.3 Å². The lowest BCUT2D eigenvalue weighted by atomic mass is 9.78. The number of anilines is 1. The molecule has 2 N–H and O–H groups in total. The number of carbonyl (C=O) groups excluding carboxylic acids is 1. The van der Waals surface area contributed by atoms with Gasteiger partial charge in [-0.15, -0.1) is 0 Å². The number of hydrogen-bond donors (Lipinski definition) is 2. The van der Waals surface area contributed by atoms with E-state index in [4.69, 9.17) is 0 Å². The van der Waals surface area contributed by atoms with Gasteiger partial charge < -0.3 is 15.1 Å². The van der Waals surface area contributed by atoms with E-state index in [1.807, 2.05) is 32.1 Å². The van der Waals surface area contributed by atoms with Crippen LogP contribution in [0.1, 0.15) is 78.7 Å². The summed E-state index contributed by atoms with van der Waals surface area (Å²) in [7, 11) is 0. The van der Waals surface area contributed by atoms with Crippen LogP contribution in [-0.4, -0.2) is 15.8 Å². The van der Waals surface area contributed by atoms with Crippen LogP contribution in [0.25, 0.3) is 11.0 Å². The highest BCUT2D eigenvalue weighted by atomic mass is 16.1. The third kappa shape index (κ3) is 7.20. The number of ketones is 1. The monoisotopic (exact) mass is 369 g/mol. The fourth-order valence-corrected chi connectivity index (χ4v) is 3.36. The Kier molecular flexibility index (Phi) is 7.64. The van der Waals surface area contributed by atoms with Crippen molar-refractivity contribution in [2.24, 2.45) is 5.41 Å². The molecule has 0 radical (unpaired) electrons. The minimum atomic E-state index is 0.218. The zero-order valence-corrected chi connectivity index (χ0v) is 17.6. The summed E-state index contributed by atoms with van der Waals surface area (Å²) in [5.74, 6) is 0.963. The molecule has 1 saturated carbocycles. The first-order valence-corrected chi connectivity index (χ1v) is 10.2. The van der Waals surface area contributed by atoms with E-state index in [0.717, 1.165) is 34.7 Å². The number of aromatic nitrogens is 2. The van der Waals surface area contributed by atoms with Crippen LogP contribution in [0.4, 0.5) is 5.95 Å². The molecule has 1 aliphatic rings. The summed E-state index contributed by atoms with van der Waals surface area (Å²) in [6.07, 6.45) is 10.7. The van der Waals surface area contributed by atoms with Crippen LogP contribution in [0.15, 0.2) is 30.0 Å². The molecule has 148 valence electrons. The van der Waals surface area contributed by atoms with E-state index < -0.39 is 0 Å². The van der Waals surface area contributed by atoms with Gasteiger partial charge in [0.25, 0.3) is 0 Å². The summed E-state index contributed by atoms with van der Waals surface area (Å²) in [5, 5.41) is 3.19. The number of aryl methyl sites for hydroxylation is 1. The van der Waals surface area contributed by atoms with E-state index >= 15 is 0 Å². The number of H-pyrrole nitrogens is 1. The first-order chi connectivity index (χ1) is 12.8. The molecule has 4 nitrogen and oxygen atoms in total. The van der Waals surface area contributed by atoms with Crippen molar-refractivity contribution in [2.75, 3.05) is 5.32 Å². The van der Waals surface area contributed by atoms with Crippen LogP contribution in [0, 0.1) is 5.41 Å². The fraction of sp³-hybridized carbons (Fsp3) is 0.565. The predicted octanol–water partition coefficient (Wildman–Crippen LogP) is 6.40. The van der Waals surface area contributed by atoms with Crippen LogP contribution < -0.4 is 5.32 Å². The zero-order valence-electron chi connectivity index (χ0n) is 17.6. The molecule has 1 aromatic heterocycles. The molecule has 0 atom stereocenters. The molecule has 0 spiro atoms. The number of allylic oxidation sites excluding steroid dienone is 2. The van der Waals surface area contributed by atoms with Crippen molar-refractivity contribution in [1.82, 2.24) is 9.97 Å². The Hall–Kier alpha value is -2.10. The highest BCUT2D eigenvalue weighted by Crippen LogP contribution is 2.34. The number of aromatic amines is 1. The van der Waals surface area contributed by atoms with Crippen molar-refractivity contribution in [3.63, 3.8) is 0 Å². The maximum absolute atomic E-state index is 11.0. The van der Waals surface area contributed by atoms with Gasteiger partial charge in [0.1, 0.15) is 5.78 Å². The van der Waals surface area contributed by atoms with Gasteiger partial charge in [0.2, 0.25) is 5.95 Å². The molecule has 4 heteroatoms. The van der Waals surface area contributed by atoms with Crippen molar-refractivity contribution in [2.45, 2.75) is 79.6 Å². The van der Waals surface area contributed by atoms with Gasteiger partial charge in [0, 0.05) is 12.1 Å². The van der Waals surface area contributed by atoms with Crippen LogP contribution in [0.2, 0.25) is 0 Å². The Balaban J connectivity index is 0.000000273. The van der Waals surface area contributed by atoms with Gasteiger partial charge in [-0.05, 0) is 63.1 Å². The van der Waals surface area contributed by atoms with Gasteiger partial charge in [-0.2, -0.15) is 0 Å². The fourth-order valence-electron chi connectivity index (χ4n) is 3.36. The van der Waals surface area contributed by atoms with Crippen LogP contribution >= 0.6 is 0 Å². The third-order valence-electron chi connectivity index (χ3n) is 5.27. The number of carbonyl (C=O) groups is 1. The smallest absolute Gasteiger partial charge is 0.205 e. The Bertz CT molecular complexity index is 778. The standard InChI is InChI=1S/C15H19N3O.C8H16/c1-4-10(2)16-15-17-13-8-7-12(6-5-11(3)19)9-14(13)18-15;1-8(2)6-4-3-5-7-8/h4,7-9H,5-6H2,1-3H3,(H2,16,17,18);3-7H2,1-2H3/b10-4+;. The van der Waals surface area contributed by atoms with Crippen molar-refractivity contribution in [3.8, 4) is 0 Å². The number of nitrogens with zero attached hydrogens (tertiary/aromatic N) is 1. The number of rotatable bonds is 5. The Morgan fingerprint density at radius 2 is 1.93 bits per heavy atom. The van der Waals surface area contributed by atoms with Gasteiger partial charge in [0.05, 0.1) is 11.0 Å². The molecule has 0 bridgehead atoms. The molecular formula is C23H35N3O. The highest BCUT2D eigenvalue weighted by molar-refractivity contribution is 5.79. The number of imidazole rings is 1. The summed E-state index contributed by atoms with van der Waals surface area (Å²) in [6.45, 7) is 10.4. The number of fused-ring (bicyclic) bond motifs is 1. The summed E-state index contributed by atoms with van der Waals surface area (Å²) in [5.41, 5.74) is 4.81. The second-order valence-electron chi connectivity index (χ2n) is 8.46. The molecule has 0 unspecified atom stereocenters. The van der Waals surface area contributed by atoms with E-state index in [1.165, 1.54) is 32.1 Å². The number of nitrogens with one attached hydrogen (secondary N) is 2.